The third-order valence-electron chi connectivity index (χ3n) is 2.98. The Kier molecular flexibility index (Phi) is 7.47. The standard InChI is InChI=1S/C13H18BrN3O2.ClH/c14-10-1-3-11(4-2-10)16-13(18)9-17-5-6-19-12(7-15)8-17;/h1-4,12H,5-9,15H2,(H,16,18);1H. The van der Waals surface area contributed by atoms with Gasteiger partial charge in [0.15, 0.2) is 0 Å². The number of halogens is 2. The van der Waals surface area contributed by atoms with Crippen molar-refractivity contribution >= 4 is 39.9 Å². The Morgan fingerprint density at radius 2 is 2.15 bits per heavy atom. The number of rotatable bonds is 4. The van der Waals surface area contributed by atoms with Gasteiger partial charge in [-0.25, -0.2) is 0 Å². The van der Waals surface area contributed by atoms with Gasteiger partial charge in [-0.3, -0.25) is 9.69 Å². The molecule has 0 aliphatic carbocycles. The highest BCUT2D eigenvalue weighted by Crippen LogP contribution is 2.14. The third kappa shape index (κ3) is 5.38. The molecule has 3 N–H and O–H groups in total. The second-order valence-electron chi connectivity index (χ2n) is 4.52. The number of amides is 1. The molecule has 1 aliphatic heterocycles. The predicted octanol–water partition coefficient (Wildman–Crippen LogP) is 1.47. The maximum absolute atomic E-state index is 11.9. The summed E-state index contributed by atoms with van der Waals surface area (Å²) in [6.07, 6.45) is 0.0363. The van der Waals surface area contributed by atoms with Crippen molar-refractivity contribution in [2.45, 2.75) is 6.10 Å². The van der Waals surface area contributed by atoms with Gasteiger partial charge in [-0.2, -0.15) is 0 Å². The summed E-state index contributed by atoms with van der Waals surface area (Å²) < 4.78 is 6.46. The molecular weight excluding hydrogens is 346 g/mol. The number of carbonyl (C=O) groups excluding carboxylic acids is 1. The summed E-state index contributed by atoms with van der Waals surface area (Å²) in [7, 11) is 0. The van der Waals surface area contributed by atoms with E-state index >= 15 is 0 Å². The molecule has 0 spiro atoms. The Morgan fingerprint density at radius 1 is 1.45 bits per heavy atom. The van der Waals surface area contributed by atoms with Gasteiger partial charge in [-0.05, 0) is 24.3 Å². The summed E-state index contributed by atoms with van der Waals surface area (Å²) >= 11 is 3.36. The fraction of sp³-hybridized carbons (Fsp3) is 0.462. The van der Waals surface area contributed by atoms with E-state index in [-0.39, 0.29) is 24.4 Å². The fourth-order valence-corrected chi connectivity index (χ4v) is 2.27. The van der Waals surface area contributed by atoms with Gasteiger partial charge in [0, 0.05) is 29.8 Å². The number of anilines is 1. The van der Waals surface area contributed by atoms with Crippen LogP contribution < -0.4 is 11.1 Å². The van der Waals surface area contributed by atoms with Crippen LogP contribution in [0.1, 0.15) is 0 Å². The maximum atomic E-state index is 11.9. The molecular formula is C13H19BrClN3O2. The Hall–Kier alpha value is -0.660. The number of hydrogen-bond donors (Lipinski definition) is 2. The highest BCUT2D eigenvalue weighted by atomic mass is 79.9. The van der Waals surface area contributed by atoms with Crippen LogP contribution in [0.5, 0.6) is 0 Å². The van der Waals surface area contributed by atoms with E-state index in [4.69, 9.17) is 10.5 Å². The van der Waals surface area contributed by atoms with Gasteiger partial charge in [-0.1, -0.05) is 15.9 Å². The van der Waals surface area contributed by atoms with Crippen LogP contribution in [0.25, 0.3) is 0 Å². The summed E-state index contributed by atoms with van der Waals surface area (Å²) in [6.45, 7) is 2.97. The molecule has 0 saturated carbocycles. The minimum absolute atomic E-state index is 0. The fourth-order valence-electron chi connectivity index (χ4n) is 2.00. The predicted molar refractivity (Wildman–Crippen MR) is 85.3 cm³/mol. The van der Waals surface area contributed by atoms with Crippen molar-refractivity contribution < 1.29 is 9.53 Å². The normalized spacial score (nSPS) is 19.2. The lowest BCUT2D eigenvalue weighted by Gasteiger charge is -2.31. The molecule has 0 aromatic heterocycles. The summed E-state index contributed by atoms with van der Waals surface area (Å²) in [5.41, 5.74) is 6.38. The molecule has 5 nitrogen and oxygen atoms in total. The van der Waals surface area contributed by atoms with Crippen LogP contribution in [0.4, 0.5) is 5.69 Å². The maximum Gasteiger partial charge on any atom is 0.238 e. The highest BCUT2D eigenvalue weighted by molar-refractivity contribution is 9.10. The zero-order valence-electron chi connectivity index (χ0n) is 11.0. The third-order valence-corrected chi connectivity index (χ3v) is 3.51. The molecule has 1 unspecified atom stereocenters. The minimum Gasteiger partial charge on any atom is -0.374 e. The van der Waals surface area contributed by atoms with Crippen molar-refractivity contribution in [2.75, 3.05) is 38.1 Å². The molecule has 1 atom stereocenters. The highest BCUT2D eigenvalue weighted by Gasteiger charge is 2.20. The topological polar surface area (TPSA) is 67.6 Å². The van der Waals surface area contributed by atoms with E-state index in [1.807, 2.05) is 24.3 Å². The molecule has 1 saturated heterocycles. The van der Waals surface area contributed by atoms with Crippen LogP contribution >= 0.6 is 28.3 Å². The summed E-state index contributed by atoms with van der Waals surface area (Å²) in [5.74, 6) is -0.0139. The van der Waals surface area contributed by atoms with E-state index < -0.39 is 0 Å². The van der Waals surface area contributed by atoms with Gasteiger partial charge in [0.05, 0.1) is 19.3 Å². The summed E-state index contributed by atoms with van der Waals surface area (Å²) in [4.78, 5) is 14.0. The molecule has 20 heavy (non-hydrogen) atoms. The lowest BCUT2D eigenvalue weighted by Crippen LogP contribution is -2.48. The second-order valence-corrected chi connectivity index (χ2v) is 5.43. The van der Waals surface area contributed by atoms with E-state index in [2.05, 4.69) is 26.1 Å². The molecule has 1 fully saturated rings. The SMILES string of the molecule is Cl.NCC1CN(CC(=O)Nc2ccc(Br)cc2)CCO1. The van der Waals surface area contributed by atoms with Crippen molar-refractivity contribution in [1.82, 2.24) is 4.90 Å². The Labute approximate surface area is 133 Å². The van der Waals surface area contributed by atoms with E-state index in [1.165, 1.54) is 0 Å². The number of morpholine rings is 1. The van der Waals surface area contributed by atoms with Crippen molar-refractivity contribution in [1.29, 1.82) is 0 Å². The van der Waals surface area contributed by atoms with Gasteiger partial charge in [-0.15, -0.1) is 12.4 Å². The molecule has 2 rings (SSSR count). The molecule has 112 valence electrons. The van der Waals surface area contributed by atoms with Gasteiger partial charge in [0.25, 0.3) is 0 Å². The van der Waals surface area contributed by atoms with E-state index in [1.54, 1.807) is 0 Å². The first-order valence-electron chi connectivity index (χ1n) is 6.27. The average Bonchev–Trinajstić information content (AvgIpc) is 2.41. The smallest absolute Gasteiger partial charge is 0.238 e. The van der Waals surface area contributed by atoms with Gasteiger partial charge >= 0.3 is 0 Å². The first kappa shape index (κ1) is 17.4. The number of carbonyl (C=O) groups is 1. The first-order chi connectivity index (χ1) is 9.17. The number of nitrogens with two attached hydrogens (primary N) is 1. The monoisotopic (exact) mass is 363 g/mol. The molecule has 7 heteroatoms. The Bertz CT molecular complexity index is 430. The lowest BCUT2D eigenvalue weighted by molar-refractivity contribution is -0.119. The molecule has 1 aromatic rings. The molecule has 1 aromatic carbocycles. The lowest BCUT2D eigenvalue weighted by atomic mass is 10.2. The van der Waals surface area contributed by atoms with Crippen LogP contribution in [0.15, 0.2) is 28.7 Å². The zero-order chi connectivity index (χ0) is 13.7. The van der Waals surface area contributed by atoms with E-state index in [9.17, 15) is 4.79 Å². The largest absolute Gasteiger partial charge is 0.374 e. The van der Waals surface area contributed by atoms with Crippen molar-refractivity contribution in [2.24, 2.45) is 5.73 Å². The average molecular weight is 365 g/mol. The number of hydrogen-bond acceptors (Lipinski definition) is 4. The summed E-state index contributed by atoms with van der Waals surface area (Å²) in [5, 5.41) is 2.88. The number of ether oxygens (including phenoxy) is 1. The van der Waals surface area contributed by atoms with Gasteiger partial charge < -0.3 is 15.8 Å². The quantitative estimate of drug-likeness (QED) is 0.849. The number of nitrogens with zero attached hydrogens (tertiary/aromatic N) is 1. The summed E-state index contributed by atoms with van der Waals surface area (Å²) in [6, 6.07) is 7.53. The first-order valence-corrected chi connectivity index (χ1v) is 7.06. The second kappa shape index (κ2) is 8.59. The van der Waals surface area contributed by atoms with Crippen LogP contribution in [-0.4, -0.2) is 49.7 Å². The minimum atomic E-state index is -0.0139. The Morgan fingerprint density at radius 3 is 2.80 bits per heavy atom. The van der Waals surface area contributed by atoms with E-state index in [0.717, 1.165) is 16.7 Å². The van der Waals surface area contributed by atoms with Crippen molar-refractivity contribution in [3.05, 3.63) is 28.7 Å². The van der Waals surface area contributed by atoms with Crippen LogP contribution in [-0.2, 0) is 9.53 Å². The van der Waals surface area contributed by atoms with Crippen molar-refractivity contribution in [3.63, 3.8) is 0 Å². The van der Waals surface area contributed by atoms with Crippen LogP contribution in [0.2, 0.25) is 0 Å². The van der Waals surface area contributed by atoms with Crippen molar-refractivity contribution in [3.8, 4) is 0 Å². The molecule has 0 radical (unpaired) electrons. The van der Waals surface area contributed by atoms with E-state index in [0.29, 0.717) is 26.2 Å². The number of nitrogens with one attached hydrogen (secondary N) is 1. The molecule has 0 bridgehead atoms. The number of benzene rings is 1. The zero-order valence-corrected chi connectivity index (χ0v) is 13.5. The molecule has 1 amide bonds. The van der Waals surface area contributed by atoms with Gasteiger partial charge in [0.1, 0.15) is 0 Å². The van der Waals surface area contributed by atoms with Crippen LogP contribution in [0, 0.1) is 0 Å². The molecule has 1 heterocycles. The van der Waals surface area contributed by atoms with Crippen LogP contribution in [0.3, 0.4) is 0 Å². The molecule has 1 aliphatic rings. The Balaban J connectivity index is 0.00000200. The van der Waals surface area contributed by atoms with Gasteiger partial charge in [0.2, 0.25) is 5.91 Å².